The summed E-state index contributed by atoms with van der Waals surface area (Å²) in [5.74, 6) is 1.05. The van der Waals surface area contributed by atoms with Gasteiger partial charge in [0, 0.05) is 0 Å². The van der Waals surface area contributed by atoms with Crippen LogP contribution in [-0.4, -0.2) is 25.5 Å². The molecule has 0 spiro atoms. The van der Waals surface area contributed by atoms with Gasteiger partial charge in [0.1, 0.15) is 11.5 Å². The summed E-state index contributed by atoms with van der Waals surface area (Å²) in [6, 6.07) is 11.6. The molecule has 1 aromatic carbocycles. The van der Waals surface area contributed by atoms with Gasteiger partial charge in [0.25, 0.3) is 5.89 Å². The van der Waals surface area contributed by atoms with E-state index in [1.54, 1.807) is 29.0 Å². The third-order valence-corrected chi connectivity index (χ3v) is 4.73. The van der Waals surface area contributed by atoms with Crippen molar-refractivity contribution in [1.82, 2.24) is 19.6 Å². The van der Waals surface area contributed by atoms with Crippen molar-refractivity contribution < 1.29 is 9.21 Å². The number of nitrogens with one attached hydrogen (secondary N) is 1. The minimum atomic E-state index is -0.0944. The number of fused-ring (bicyclic) bond motifs is 1. The predicted octanol–water partition coefficient (Wildman–Crippen LogP) is 4.43. The third kappa shape index (κ3) is 3.80. The van der Waals surface area contributed by atoms with E-state index in [1.807, 2.05) is 51.1 Å². The van der Waals surface area contributed by atoms with Crippen LogP contribution in [0.5, 0.6) is 0 Å². The van der Waals surface area contributed by atoms with Crippen LogP contribution in [-0.2, 0) is 4.79 Å². The number of allylic oxidation sites excluding steroid dienone is 1. The van der Waals surface area contributed by atoms with Crippen molar-refractivity contribution in [2.75, 3.05) is 5.32 Å². The van der Waals surface area contributed by atoms with E-state index in [2.05, 4.69) is 20.4 Å². The molecule has 0 aliphatic rings. The molecule has 0 aliphatic carbocycles. The van der Waals surface area contributed by atoms with Gasteiger partial charge in [-0.3, -0.25) is 4.79 Å². The van der Waals surface area contributed by atoms with Gasteiger partial charge in [-0.25, -0.2) is 9.97 Å². The average Bonchev–Trinajstić information content (AvgIpc) is 3.29. The number of amides is 1. The second-order valence-electron chi connectivity index (χ2n) is 6.75. The van der Waals surface area contributed by atoms with Crippen LogP contribution in [0.25, 0.3) is 22.9 Å². The first-order chi connectivity index (χ1) is 14.0. The molecule has 146 valence electrons. The van der Waals surface area contributed by atoms with Gasteiger partial charge < -0.3 is 9.73 Å². The molecule has 1 N–H and O–H groups in total. The van der Waals surface area contributed by atoms with Crippen molar-refractivity contribution in [3.63, 3.8) is 0 Å². The lowest BCUT2D eigenvalue weighted by Gasteiger charge is -2.11. The Morgan fingerprint density at radius 1 is 1.14 bits per heavy atom. The molecule has 1 amide bonds. The lowest BCUT2D eigenvalue weighted by Crippen LogP contribution is -2.12. The van der Waals surface area contributed by atoms with Crippen LogP contribution in [0.1, 0.15) is 30.3 Å². The second-order valence-corrected chi connectivity index (χ2v) is 6.75. The van der Waals surface area contributed by atoms with Crippen molar-refractivity contribution in [1.29, 1.82) is 0 Å². The lowest BCUT2D eigenvalue weighted by molar-refractivity contribution is -0.115. The number of aromatic nitrogens is 4. The Kier molecular flexibility index (Phi) is 4.95. The highest BCUT2D eigenvalue weighted by molar-refractivity contribution is 5.98. The van der Waals surface area contributed by atoms with Crippen LogP contribution in [0.3, 0.4) is 0 Å². The molecule has 0 bridgehead atoms. The molecule has 0 saturated carbocycles. The number of hydrogen-bond donors (Lipinski definition) is 1. The Hall–Kier alpha value is -3.74. The fourth-order valence-corrected chi connectivity index (χ4v) is 3.18. The topological polar surface area (TPSA) is 85.3 Å². The van der Waals surface area contributed by atoms with Gasteiger partial charge >= 0.3 is 0 Å². The standard InChI is InChI=1S/C22H21N5O2/c1-4-16(18-8-6-5-7-14(18)2)11-20(28)25-17-9-10-19(24-12-17)22-26-27-15(3)23-13-21(27)29-22/h4-10,12-13H,11H2,1-3H3,(H,25,28). The van der Waals surface area contributed by atoms with Crippen LogP contribution in [0.2, 0.25) is 0 Å². The SMILES string of the molecule is CC=C(CC(=O)Nc1ccc(-c2nn3c(C)ncc3o2)nc1)c1ccccc1C. The first kappa shape index (κ1) is 18.6. The van der Waals surface area contributed by atoms with Gasteiger partial charge in [-0.15, -0.1) is 5.10 Å². The van der Waals surface area contributed by atoms with Gasteiger partial charge in [-0.2, -0.15) is 4.52 Å². The minimum absolute atomic E-state index is 0.0944. The Morgan fingerprint density at radius 2 is 1.97 bits per heavy atom. The monoisotopic (exact) mass is 387 g/mol. The Balaban J connectivity index is 1.45. The van der Waals surface area contributed by atoms with E-state index in [0.717, 1.165) is 22.5 Å². The highest BCUT2D eigenvalue weighted by Gasteiger charge is 2.13. The maximum absolute atomic E-state index is 12.5. The molecule has 0 saturated heterocycles. The molecule has 3 heterocycles. The first-order valence-electron chi connectivity index (χ1n) is 9.34. The zero-order chi connectivity index (χ0) is 20.4. The molecule has 0 aliphatic heterocycles. The summed E-state index contributed by atoms with van der Waals surface area (Å²) in [4.78, 5) is 21.0. The summed E-state index contributed by atoms with van der Waals surface area (Å²) >= 11 is 0. The molecular formula is C22H21N5O2. The van der Waals surface area contributed by atoms with Crippen LogP contribution in [0, 0.1) is 13.8 Å². The number of imidazole rings is 1. The number of rotatable bonds is 5. The molecule has 29 heavy (non-hydrogen) atoms. The Morgan fingerprint density at radius 3 is 2.66 bits per heavy atom. The fraction of sp³-hybridized carbons (Fsp3) is 0.182. The maximum atomic E-state index is 12.5. The van der Waals surface area contributed by atoms with E-state index in [1.165, 1.54) is 0 Å². The Bertz CT molecular complexity index is 1200. The zero-order valence-electron chi connectivity index (χ0n) is 16.5. The summed E-state index contributed by atoms with van der Waals surface area (Å²) in [6.45, 7) is 5.84. The number of carbonyl (C=O) groups is 1. The summed E-state index contributed by atoms with van der Waals surface area (Å²) in [7, 11) is 0. The number of pyridine rings is 1. The molecule has 0 unspecified atom stereocenters. The molecule has 3 aromatic heterocycles. The largest absolute Gasteiger partial charge is 0.415 e. The zero-order valence-corrected chi connectivity index (χ0v) is 16.5. The maximum Gasteiger partial charge on any atom is 0.264 e. The smallest absolute Gasteiger partial charge is 0.264 e. The number of anilines is 1. The van der Waals surface area contributed by atoms with Crippen LogP contribution < -0.4 is 5.32 Å². The van der Waals surface area contributed by atoms with E-state index in [0.29, 0.717) is 29.4 Å². The van der Waals surface area contributed by atoms with Crippen LogP contribution in [0.15, 0.2) is 59.3 Å². The normalized spacial score (nSPS) is 11.8. The summed E-state index contributed by atoms with van der Waals surface area (Å²) < 4.78 is 7.28. The number of hydrogen-bond acceptors (Lipinski definition) is 5. The summed E-state index contributed by atoms with van der Waals surface area (Å²) in [5.41, 5.74) is 4.99. The van der Waals surface area contributed by atoms with Crippen molar-refractivity contribution in [3.05, 3.63) is 71.8 Å². The quantitative estimate of drug-likeness (QED) is 0.547. The molecule has 0 radical (unpaired) electrons. The van der Waals surface area contributed by atoms with Crippen molar-refractivity contribution in [2.24, 2.45) is 0 Å². The van der Waals surface area contributed by atoms with Crippen LogP contribution >= 0.6 is 0 Å². The number of aryl methyl sites for hydroxylation is 2. The van der Waals surface area contributed by atoms with E-state index in [9.17, 15) is 4.79 Å². The van der Waals surface area contributed by atoms with Gasteiger partial charge in [0.15, 0.2) is 0 Å². The third-order valence-electron chi connectivity index (χ3n) is 4.73. The molecular weight excluding hydrogens is 366 g/mol. The summed E-state index contributed by atoms with van der Waals surface area (Å²) in [6.07, 6.45) is 5.49. The number of carbonyl (C=O) groups excluding carboxylic acids is 1. The van der Waals surface area contributed by atoms with Crippen molar-refractivity contribution >= 4 is 22.9 Å². The first-order valence-corrected chi connectivity index (χ1v) is 9.34. The molecule has 0 atom stereocenters. The van der Waals surface area contributed by atoms with Crippen LogP contribution in [0.4, 0.5) is 5.69 Å². The Labute approximate surface area is 168 Å². The predicted molar refractivity (Wildman–Crippen MR) is 111 cm³/mol. The second kappa shape index (κ2) is 7.71. The van der Waals surface area contributed by atoms with E-state index in [-0.39, 0.29) is 5.91 Å². The minimum Gasteiger partial charge on any atom is -0.415 e. The molecule has 4 rings (SSSR count). The fourth-order valence-electron chi connectivity index (χ4n) is 3.18. The van der Waals surface area contributed by atoms with E-state index in [4.69, 9.17) is 4.42 Å². The molecule has 7 nitrogen and oxygen atoms in total. The van der Waals surface area contributed by atoms with Crippen molar-refractivity contribution in [3.8, 4) is 11.6 Å². The highest BCUT2D eigenvalue weighted by atomic mass is 16.4. The number of benzene rings is 1. The summed E-state index contributed by atoms with van der Waals surface area (Å²) in [5, 5.41) is 7.25. The van der Waals surface area contributed by atoms with E-state index < -0.39 is 0 Å². The van der Waals surface area contributed by atoms with Gasteiger partial charge in [0.05, 0.1) is 24.5 Å². The number of nitrogens with zero attached hydrogens (tertiary/aromatic N) is 4. The lowest BCUT2D eigenvalue weighted by atomic mass is 9.98. The average molecular weight is 387 g/mol. The molecule has 4 aromatic rings. The van der Waals surface area contributed by atoms with Gasteiger partial charge in [-0.05, 0) is 49.6 Å². The van der Waals surface area contributed by atoms with E-state index >= 15 is 0 Å². The molecule has 7 heteroatoms. The molecule has 0 fully saturated rings. The highest BCUT2D eigenvalue weighted by Crippen LogP contribution is 2.23. The van der Waals surface area contributed by atoms with Crippen molar-refractivity contribution in [2.45, 2.75) is 27.2 Å². The van der Waals surface area contributed by atoms with Gasteiger partial charge in [0.2, 0.25) is 11.6 Å². The van der Waals surface area contributed by atoms with Gasteiger partial charge in [-0.1, -0.05) is 30.3 Å².